The van der Waals surface area contributed by atoms with Crippen LogP contribution in [0.15, 0.2) is 18.6 Å². The lowest BCUT2D eigenvalue weighted by Gasteiger charge is -2.31. The summed E-state index contributed by atoms with van der Waals surface area (Å²) in [4.78, 5) is 5.64. The third-order valence-corrected chi connectivity index (χ3v) is 3.57. The van der Waals surface area contributed by atoms with E-state index in [0.29, 0.717) is 6.20 Å². The number of halogens is 8. The molecule has 0 spiro atoms. The van der Waals surface area contributed by atoms with Gasteiger partial charge in [-0.05, 0) is 0 Å². The summed E-state index contributed by atoms with van der Waals surface area (Å²) >= 11 is 0. The standard InChI is InChI=1S/C9H7F8N3O4S/c1-23-5-4-18-2-3-20(5)19-25(21,22)9(16,17)8(14,15)24-7(12,13)6(10)11/h2-4,6H,1H3. The summed E-state index contributed by atoms with van der Waals surface area (Å²) in [6, 6.07) is 0. The first kappa shape index (κ1) is 21.1. The molecule has 1 rings (SSSR count). The lowest BCUT2D eigenvalue weighted by molar-refractivity contribution is -0.621. The van der Waals surface area contributed by atoms with Crippen molar-refractivity contribution in [3.05, 3.63) is 23.4 Å². The number of hydrogen-bond donors (Lipinski definition) is 0. The molecule has 1 aromatic rings. The number of aromatic nitrogens is 2. The van der Waals surface area contributed by atoms with Crippen molar-refractivity contribution in [3.63, 3.8) is 0 Å². The zero-order valence-corrected chi connectivity index (χ0v) is 12.5. The Labute approximate surface area is 134 Å². The highest BCUT2D eigenvalue weighted by atomic mass is 32.2. The fourth-order valence-electron chi connectivity index (χ4n) is 1.15. The highest BCUT2D eigenvalue weighted by molar-refractivity contribution is 7.94. The van der Waals surface area contributed by atoms with Gasteiger partial charge in [-0.25, -0.2) is 26.9 Å². The molecule has 0 saturated heterocycles. The highest BCUT2D eigenvalue weighted by Crippen LogP contribution is 2.45. The van der Waals surface area contributed by atoms with Crippen molar-refractivity contribution in [2.45, 2.75) is 23.9 Å². The van der Waals surface area contributed by atoms with Crippen LogP contribution in [0.25, 0.3) is 4.83 Å². The van der Waals surface area contributed by atoms with E-state index in [1.54, 1.807) is 0 Å². The summed E-state index contributed by atoms with van der Waals surface area (Å²) in [5.41, 5.74) is 0. The van der Waals surface area contributed by atoms with Gasteiger partial charge in [-0.1, -0.05) is 0 Å². The number of methoxy groups -OCH3 is 1. The maximum absolute atomic E-state index is 13.5. The Bertz CT molecular complexity index is 715. The van der Waals surface area contributed by atoms with E-state index in [1.165, 1.54) is 0 Å². The van der Waals surface area contributed by atoms with Gasteiger partial charge >= 0.3 is 29.8 Å². The monoisotopic (exact) mass is 405 g/mol. The minimum Gasteiger partial charge on any atom is -0.447 e. The van der Waals surface area contributed by atoms with E-state index >= 15 is 0 Å². The second kappa shape index (κ2) is 6.74. The van der Waals surface area contributed by atoms with Crippen molar-refractivity contribution >= 4 is 10.0 Å². The summed E-state index contributed by atoms with van der Waals surface area (Å²) in [6.07, 6.45) is -15.4. The lowest BCUT2D eigenvalue weighted by Crippen LogP contribution is -2.54. The van der Waals surface area contributed by atoms with Crippen molar-refractivity contribution in [2.75, 3.05) is 7.11 Å². The average molecular weight is 405 g/mol. The normalized spacial score (nSPS) is 13.8. The average Bonchev–Trinajstić information content (AvgIpc) is 2.45. The maximum atomic E-state index is 13.5. The molecule has 0 aromatic carbocycles. The smallest absolute Gasteiger partial charge is 0.438 e. The molecule has 0 fully saturated rings. The number of ether oxygens (including phenoxy) is 2. The van der Waals surface area contributed by atoms with E-state index in [-0.39, 0.29) is 4.68 Å². The molecule has 0 aliphatic heterocycles. The van der Waals surface area contributed by atoms with Crippen molar-refractivity contribution in [2.24, 2.45) is 0 Å². The number of hydrogen-bond acceptors (Lipinski definition) is 5. The molecule has 0 amide bonds. The van der Waals surface area contributed by atoms with Gasteiger partial charge in [0.05, 0.1) is 13.3 Å². The van der Waals surface area contributed by atoms with E-state index in [1.807, 2.05) is 0 Å². The van der Waals surface area contributed by atoms with Gasteiger partial charge in [0.1, 0.15) is 6.20 Å². The van der Waals surface area contributed by atoms with Gasteiger partial charge in [0, 0.05) is 0 Å². The van der Waals surface area contributed by atoms with E-state index < -0.39 is 39.8 Å². The molecule has 0 aliphatic carbocycles. The summed E-state index contributed by atoms with van der Waals surface area (Å²) < 4.78 is 131. The lowest BCUT2D eigenvalue weighted by atomic mass is 10.6. The van der Waals surface area contributed by atoms with Crippen LogP contribution >= 0.6 is 0 Å². The van der Waals surface area contributed by atoms with Gasteiger partial charge in [-0.3, -0.25) is 0 Å². The van der Waals surface area contributed by atoms with E-state index in [4.69, 9.17) is 0 Å². The van der Waals surface area contributed by atoms with E-state index in [2.05, 4.69) is 19.3 Å². The second-order valence-electron chi connectivity index (χ2n) is 4.02. The summed E-state index contributed by atoms with van der Waals surface area (Å²) in [6.45, 7) is 0. The molecule has 16 heteroatoms. The van der Waals surface area contributed by atoms with Crippen LogP contribution in [-0.4, -0.2) is 44.4 Å². The van der Waals surface area contributed by atoms with Crippen LogP contribution in [0, 0.1) is 0 Å². The Balaban J connectivity index is 3.21. The minimum atomic E-state index is -6.61. The fourth-order valence-corrected chi connectivity index (χ4v) is 1.96. The van der Waals surface area contributed by atoms with Crippen LogP contribution in [0.2, 0.25) is 0 Å². The predicted molar refractivity (Wildman–Crippen MR) is 60.6 cm³/mol. The number of rotatable bonds is 8. The highest BCUT2D eigenvalue weighted by Gasteiger charge is 2.69. The quantitative estimate of drug-likeness (QED) is 0.488. The zero-order valence-electron chi connectivity index (χ0n) is 11.7. The third-order valence-electron chi connectivity index (χ3n) is 2.29. The van der Waals surface area contributed by atoms with E-state index in [0.717, 1.165) is 19.5 Å². The van der Waals surface area contributed by atoms with E-state index in [9.17, 15) is 43.5 Å². The summed E-state index contributed by atoms with van der Waals surface area (Å²) in [5.74, 6) is -0.621. The van der Waals surface area contributed by atoms with Crippen LogP contribution < -0.4 is 9.41 Å². The first-order valence-electron chi connectivity index (χ1n) is 5.67. The van der Waals surface area contributed by atoms with Gasteiger partial charge in [-0.2, -0.15) is 31.0 Å². The molecular weight excluding hydrogens is 398 g/mol. The first-order chi connectivity index (χ1) is 11.2. The molecule has 1 aromatic heterocycles. The molecule has 0 saturated carbocycles. The van der Waals surface area contributed by atoms with Crippen LogP contribution in [0.3, 0.4) is 0 Å². The van der Waals surface area contributed by atoms with Gasteiger partial charge < -0.3 is 9.57 Å². The number of alkyl halides is 8. The Morgan fingerprint density at radius 1 is 1.20 bits per heavy atom. The molecule has 25 heavy (non-hydrogen) atoms. The molecule has 7 nitrogen and oxygen atoms in total. The SMILES string of the molecule is COc1cncc[n+]1[N-]S(=O)(=O)C(F)(F)C(F)(F)OC(F)(F)C(F)F. The Morgan fingerprint density at radius 3 is 2.24 bits per heavy atom. The Morgan fingerprint density at radius 2 is 1.76 bits per heavy atom. The zero-order chi connectivity index (χ0) is 19.7. The topological polar surface area (TPSA) is 83.5 Å². The van der Waals surface area contributed by atoms with Gasteiger partial charge in [0.2, 0.25) is 10.0 Å². The Kier molecular flexibility index (Phi) is 5.68. The number of sulfonamides is 1. The Hall–Kier alpha value is -1.97. The molecule has 0 radical (unpaired) electrons. The van der Waals surface area contributed by atoms with Crippen LogP contribution in [0.4, 0.5) is 35.1 Å². The second-order valence-corrected chi connectivity index (χ2v) is 5.64. The summed E-state index contributed by atoms with van der Waals surface area (Å²) in [5, 5.41) is -6.43. The molecule has 0 N–H and O–H groups in total. The van der Waals surface area contributed by atoms with Crippen LogP contribution in [-0.2, 0) is 14.8 Å². The molecule has 0 unspecified atom stereocenters. The van der Waals surface area contributed by atoms with Crippen LogP contribution in [0.1, 0.15) is 0 Å². The van der Waals surface area contributed by atoms with Crippen molar-refractivity contribution in [1.82, 2.24) is 4.98 Å². The third kappa shape index (κ3) is 4.17. The van der Waals surface area contributed by atoms with Gasteiger partial charge in [-0.15, -0.1) is 0 Å². The van der Waals surface area contributed by atoms with Gasteiger partial charge in [0.25, 0.3) is 0 Å². The molecular formula is C9H7F8N3O4S. The maximum Gasteiger partial charge on any atom is 0.438 e. The molecule has 144 valence electrons. The number of nitrogens with zero attached hydrogens (tertiary/aromatic N) is 3. The van der Waals surface area contributed by atoms with Crippen molar-refractivity contribution < 1.29 is 57.7 Å². The minimum absolute atomic E-state index is 0.0115. The van der Waals surface area contributed by atoms with Crippen molar-refractivity contribution in [3.8, 4) is 5.88 Å². The summed E-state index contributed by atoms with van der Waals surface area (Å²) in [7, 11) is -5.70. The fraction of sp³-hybridized carbons (Fsp3) is 0.556. The largest absolute Gasteiger partial charge is 0.447 e. The first-order valence-corrected chi connectivity index (χ1v) is 7.11. The van der Waals surface area contributed by atoms with Crippen LogP contribution in [0.5, 0.6) is 5.88 Å². The molecule has 0 bridgehead atoms. The predicted octanol–water partition coefficient (Wildman–Crippen LogP) is 1.90. The molecule has 1 heterocycles. The van der Waals surface area contributed by atoms with Crippen molar-refractivity contribution in [1.29, 1.82) is 0 Å². The molecule has 0 atom stereocenters. The van der Waals surface area contributed by atoms with Gasteiger partial charge in [0.15, 0.2) is 6.20 Å². The molecule has 0 aliphatic rings.